The maximum atomic E-state index is 6.88. The first-order valence-corrected chi connectivity index (χ1v) is 21.4. The number of ether oxygens (including phenoxy) is 2. The van der Waals surface area contributed by atoms with Gasteiger partial charge < -0.3 is 14.4 Å². The molecule has 0 N–H and O–H groups in total. The van der Waals surface area contributed by atoms with E-state index in [1.54, 1.807) is 0 Å². The molecule has 0 amide bonds. The highest BCUT2D eigenvalue weighted by Gasteiger charge is 2.25. The normalized spacial score (nSPS) is 11.7. The number of anilines is 3. The molecule has 0 radical (unpaired) electrons. The van der Waals surface area contributed by atoms with Crippen LogP contribution in [0.15, 0.2) is 237 Å². The van der Waals surface area contributed by atoms with Crippen molar-refractivity contribution in [3.05, 3.63) is 237 Å². The highest BCUT2D eigenvalue weighted by atomic mass is 16.5. The Balaban J connectivity index is 1.01. The second-order valence-electron chi connectivity index (χ2n) is 16.0. The molecule has 3 nitrogen and oxygen atoms in total. The fourth-order valence-corrected chi connectivity index (χ4v) is 9.38. The molecule has 0 fully saturated rings. The van der Waals surface area contributed by atoms with Crippen LogP contribution in [0, 0.1) is 0 Å². The van der Waals surface area contributed by atoms with Gasteiger partial charge in [0.15, 0.2) is 11.5 Å². The van der Waals surface area contributed by atoms with Crippen molar-refractivity contribution < 1.29 is 9.47 Å². The zero-order valence-corrected chi connectivity index (χ0v) is 34.3. The zero-order chi connectivity index (χ0) is 41.7. The molecular weight excluding hydrogens is 767 g/mol. The summed E-state index contributed by atoms with van der Waals surface area (Å²) in [7, 11) is 0. The molecule has 11 aromatic rings. The van der Waals surface area contributed by atoms with Crippen molar-refractivity contribution in [1.82, 2.24) is 0 Å². The van der Waals surface area contributed by atoms with Crippen LogP contribution < -0.4 is 14.4 Å². The molecule has 1 aliphatic rings. The molecule has 63 heavy (non-hydrogen) atoms. The van der Waals surface area contributed by atoms with Crippen molar-refractivity contribution in [2.24, 2.45) is 0 Å². The summed E-state index contributed by atoms with van der Waals surface area (Å²) in [6, 6.07) is 84.1. The van der Waals surface area contributed by atoms with Crippen LogP contribution in [0.25, 0.3) is 76.8 Å². The third-order valence-corrected chi connectivity index (χ3v) is 12.3. The van der Waals surface area contributed by atoms with Crippen molar-refractivity contribution in [2.45, 2.75) is 0 Å². The Hall–Kier alpha value is -8.40. The summed E-state index contributed by atoms with van der Waals surface area (Å²) in [6.45, 7) is 0. The molecule has 0 unspecified atom stereocenters. The third-order valence-electron chi connectivity index (χ3n) is 12.3. The third kappa shape index (κ3) is 6.38. The number of rotatable bonds is 7. The fraction of sp³-hybridized carbons (Fsp3) is 0. The first-order chi connectivity index (χ1) is 31.2. The number of hydrogen-bond acceptors (Lipinski definition) is 3. The highest BCUT2D eigenvalue weighted by Crippen LogP contribution is 2.52. The monoisotopic (exact) mass is 805 g/mol. The van der Waals surface area contributed by atoms with Crippen molar-refractivity contribution in [1.29, 1.82) is 0 Å². The Morgan fingerprint density at radius 3 is 1.54 bits per heavy atom. The predicted octanol–water partition coefficient (Wildman–Crippen LogP) is 17.2. The SMILES string of the molecule is c1ccc(-c2ccc(N(c3ccc(-c4cc5ccccc5c5ccccc45)cc3)c3ccccc3-c3ccccc3-c3cccc4c3Oc3cccc5cccc(c35)O4)cc2)cc1. The van der Waals surface area contributed by atoms with Crippen molar-refractivity contribution in [2.75, 3.05) is 4.90 Å². The van der Waals surface area contributed by atoms with E-state index in [4.69, 9.17) is 9.47 Å². The van der Waals surface area contributed by atoms with Gasteiger partial charge in [0.05, 0.1) is 11.1 Å². The first kappa shape index (κ1) is 36.5. The lowest BCUT2D eigenvalue weighted by Gasteiger charge is -2.29. The quantitative estimate of drug-likeness (QED) is 0.150. The van der Waals surface area contributed by atoms with Gasteiger partial charge in [0.25, 0.3) is 0 Å². The number of hydrogen-bond donors (Lipinski definition) is 0. The van der Waals surface area contributed by atoms with Crippen LogP contribution in [-0.2, 0) is 0 Å². The van der Waals surface area contributed by atoms with Crippen LogP contribution in [-0.4, -0.2) is 0 Å². The summed E-state index contributed by atoms with van der Waals surface area (Å²) >= 11 is 0. The Kier molecular flexibility index (Phi) is 8.83. The summed E-state index contributed by atoms with van der Waals surface area (Å²) < 4.78 is 13.5. The van der Waals surface area contributed by atoms with Crippen molar-refractivity contribution >= 4 is 49.4 Å². The second-order valence-corrected chi connectivity index (χ2v) is 16.0. The van der Waals surface area contributed by atoms with E-state index in [-0.39, 0.29) is 0 Å². The molecule has 0 spiro atoms. The van der Waals surface area contributed by atoms with E-state index in [9.17, 15) is 0 Å². The van der Waals surface area contributed by atoms with Gasteiger partial charge in [-0.25, -0.2) is 0 Å². The van der Waals surface area contributed by atoms with Crippen LogP contribution in [0.4, 0.5) is 17.1 Å². The fourth-order valence-electron chi connectivity index (χ4n) is 9.38. The zero-order valence-electron chi connectivity index (χ0n) is 34.3. The summed E-state index contributed by atoms with van der Waals surface area (Å²) in [4.78, 5) is 2.38. The van der Waals surface area contributed by atoms with Crippen LogP contribution in [0.3, 0.4) is 0 Å². The smallest absolute Gasteiger partial charge is 0.177 e. The number of fused-ring (bicyclic) bond motifs is 4. The van der Waals surface area contributed by atoms with Gasteiger partial charge in [0, 0.05) is 22.5 Å². The average molecular weight is 806 g/mol. The van der Waals surface area contributed by atoms with Crippen molar-refractivity contribution in [3.8, 4) is 67.5 Å². The Morgan fingerprint density at radius 2 is 0.794 bits per heavy atom. The summed E-state index contributed by atoms with van der Waals surface area (Å²) in [5, 5.41) is 7.04. The van der Waals surface area contributed by atoms with Crippen LogP contribution >= 0.6 is 0 Å². The first-order valence-electron chi connectivity index (χ1n) is 21.4. The Morgan fingerprint density at radius 1 is 0.286 bits per heavy atom. The molecule has 0 atom stereocenters. The molecular formula is C60H39NO2. The van der Waals surface area contributed by atoms with Crippen LogP contribution in [0.1, 0.15) is 0 Å². The largest absolute Gasteiger partial charge is 0.453 e. The van der Waals surface area contributed by atoms with E-state index in [1.807, 2.05) is 30.3 Å². The predicted molar refractivity (Wildman–Crippen MR) is 262 cm³/mol. The molecule has 0 saturated heterocycles. The average Bonchev–Trinajstić information content (AvgIpc) is 3.52. The van der Waals surface area contributed by atoms with Gasteiger partial charge in [-0.1, -0.05) is 182 Å². The van der Waals surface area contributed by atoms with Crippen molar-refractivity contribution in [3.63, 3.8) is 0 Å². The summed E-state index contributed by atoms with van der Waals surface area (Å²) in [5.41, 5.74) is 12.1. The molecule has 0 saturated carbocycles. The minimum atomic E-state index is 0.679. The standard InChI is InChI=1S/C60H39NO2/c1-2-15-40(16-3-1)41-31-35-45(36-32-41)61(46-37-33-42(34-38-46)54-39-44-17-4-5-20-47(44)48-21-6-9-24-51(48)54)55-27-11-10-25-52(55)49-22-7-8-23-50(49)53-26-14-30-58-60(53)63-57-29-13-19-43-18-12-28-56(62-58)59(43)57/h1-39H. The maximum Gasteiger partial charge on any atom is 0.177 e. The Labute approximate surface area is 366 Å². The molecule has 296 valence electrons. The molecule has 0 aliphatic carbocycles. The van der Waals surface area contributed by atoms with E-state index in [0.29, 0.717) is 11.5 Å². The molecule has 12 rings (SSSR count). The van der Waals surface area contributed by atoms with Gasteiger partial charge in [-0.15, -0.1) is 0 Å². The molecule has 1 heterocycles. The van der Waals surface area contributed by atoms with E-state index in [2.05, 4.69) is 211 Å². The molecule has 1 aliphatic heterocycles. The molecule has 0 aromatic heterocycles. The maximum absolute atomic E-state index is 6.88. The summed E-state index contributed by atoms with van der Waals surface area (Å²) in [5.74, 6) is 2.93. The topological polar surface area (TPSA) is 21.7 Å². The van der Waals surface area contributed by atoms with E-state index in [1.165, 1.54) is 43.8 Å². The minimum Gasteiger partial charge on any atom is -0.453 e. The van der Waals surface area contributed by atoms with Gasteiger partial charge >= 0.3 is 0 Å². The lowest BCUT2D eigenvalue weighted by molar-refractivity contribution is 0.441. The molecule has 3 heteroatoms. The van der Waals surface area contributed by atoms with Gasteiger partial charge in [-0.05, 0) is 115 Å². The molecule has 11 aromatic carbocycles. The number of nitrogens with zero attached hydrogens (tertiary/aromatic N) is 1. The van der Waals surface area contributed by atoms with E-state index in [0.717, 1.165) is 61.6 Å². The Bertz CT molecular complexity index is 3500. The van der Waals surface area contributed by atoms with Gasteiger partial charge in [0.1, 0.15) is 11.5 Å². The van der Waals surface area contributed by atoms with E-state index < -0.39 is 0 Å². The van der Waals surface area contributed by atoms with E-state index >= 15 is 0 Å². The lowest BCUT2D eigenvalue weighted by Crippen LogP contribution is -2.11. The summed E-state index contributed by atoms with van der Waals surface area (Å²) in [6.07, 6.45) is 0. The highest BCUT2D eigenvalue weighted by molar-refractivity contribution is 6.14. The van der Waals surface area contributed by atoms with Gasteiger partial charge in [0.2, 0.25) is 0 Å². The lowest BCUT2D eigenvalue weighted by atomic mass is 9.92. The second kappa shape index (κ2) is 15.3. The van der Waals surface area contributed by atoms with Gasteiger partial charge in [-0.2, -0.15) is 0 Å². The molecule has 0 bridgehead atoms. The number of benzene rings is 11. The van der Waals surface area contributed by atoms with Crippen LogP contribution in [0.5, 0.6) is 23.0 Å². The van der Waals surface area contributed by atoms with Gasteiger partial charge in [-0.3, -0.25) is 0 Å². The minimum absolute atomic E-state index is 0.679. The number of para-hydroxylation sites is 2. The van der Waals surface area contributed by atoms with Crippen LogP contribution in [0.2, 0.25) is 0 Å².